The average Bonchev–Trinajstić information content (AvgIpc) is 2.29. The van der Waals surface area contributed by atoms with Gasteiger partial charge in [-0.15, -0.1) is 12.6 Å². The Hall–Kier alpha value is -1.62. The molecule has 0 aromatic heterocycles. The van der Waals surface area contributed by atoms with E-state index in [-0.39, 0.29) is 5.75 Å². The van der Waals surface area contributed by atoms with Gasteiger partial charge in [-0.05, 0) is 24.3 Å². The summed E-state index contributed by atoms with van der Waals surface area (Å²) in [5.41, 5.74) is 0. The second-order valence-electron chi connectivity index (χ2n) is 3.30. The van der Waals surface area contributed by atoms with E-state index in [9.17, 15) is 13.2 Å². The van der Waals surface area contributed by atoms with Crippen molar-refractivity contribution in [2.75, 3.05) is 0 Å². The molecule has 0 aliphatic carbocycles. The van der Waals surface area contributed by atoms with Crippen molar-refractivity contribution < 1.29 is 17.9 Å². The van der Waals surface area contributed by atoms with Crippen LogP contribution in [0.25, 0.3) is 0 Å². The second-order valence-corrected chi connectivity index (χ2v) is 3.81. The minimum Gasteiger partial charge on any atom is -0.457 e. The summed E-state index contributed by atoms with van der Waals surface area (Å²) in [7, 11) is 0. The van der Waals surface area contributed by atoms with Crippen molar-refractivity contribution in [2.45, 2.75) is 4.90 Å². The maximum absolute atomic E-state index is 12.9. The van der Waals surface area contributed by atoms with Gasteiger partial charge in [0, 0.05) is 17.0 Å². The Morgan fingerprint density at radius 2 is 1.35 bits per heavy atom. The molecule has 2 aromatic rings. The van der Waals surface area contributed by atoms with Gasteiger partial charge in [-0.2, -0.15) is 0 Å². The zero-order valence-electron chi connectivity index (χ0n) is 8.45. The lowest BCUT2D eigenvalue weighted by Gasteiger charge is -2.06. The third-order valence-corrected chi connectivity index (χ3v) is 2.33. The highest BCUT2D eigenvalue weighted by Gasteiger charge is 2.11. The molecule has 0 fully saturated rings. The van der Waals surface area contributed by atoms with Crippen LogP contribution >= 0.6 is 12.6 Å². The molecule has 17 heavy (non-hydrogen) atoms. The number of rotatable bonds is 2. The molecule has 1 nitrogen and oxygen atoms in total. The van der Waals surface area contributed by atoms with Crippen LogP contribution in [-0.4, -0.2) is 0 Å². The van der Waals surface area contributed by atoms with Gasteiger partial charge in [0.15, 0.2) is 17.5 Å². The zero-order valence-corrected chi connectivity index (χ0v) is 9.35. The van der Waals surface area contributed by atoms with E-state index in [0.29, 0.717) is 5.75 Å². The van der Waals surface area contributed by atoms with Gasteiger partial charge in [0.05, 0.1) is 0 Å². The van der Waals surface area contributed by atoms with Crippen LogP contribution in [-0.2, 0) is 0 Å². The van der Waals surface area contributed by atoms with E-state index >= 15 is 0 Å². The fourth-order valence-corrected chi connectivity index (χ4v) is 1.39. The first-order valence-electron chi connectivity index (χ1n) is 4.67. The van der Waals surface area contributed by atoms with Crippen molar-refractivity contribution in [1.82, 2.24) is 0 Å². The molecule has 2 aromatic carbocycles. The minimum atomic E-state index is -1.51. The third-order valence-electron chi connectivity index (χ3n) is 2.03. The van der Waals surface area contributed by atoms with Crippen LogP contribution in [0.2, 0.25) is 0 Å². The molecular formula is C12H7F3OS. The molecule has 2 rings (SSSR count). The Morgan fingerprint density at radius 1 is 0.824 bits per heavy atom. The fourth-order valence-electron chi connectivity index (χ4n) is 1.24. The van der Waals surface area contributed by atoms with E-state index in [4.69, 9.17) is 4.74 Å². The number of thiol groups is 1. The SMILES string of the molecule is Fc1cc(Oc2ccc(S)cc2)cc(F)c1F. The van der Waals surface area contributed by atoms with Crippen LogP contribution in [0.15, 0.2) is 41.3 Å². The van der Waals surface area contributed by atoms with Crippen LogP contribution < -0.4 is 4.74 Å². The van der Waals surface area contributed by atoms with E-state index in [1.165, 1.54) is 0 Å². The molecule has 0 saturated carbocycles. The lowest BCUT2D eigenvalue weighted by Crippen LogP contribution is -1.92. The normalized spacial score (nSPS) is 10.4. The molecule has 0 saturated heterocycles. The first-order chi connectivity index (χ1) is 8.06. The predicted molar refractivity (Wildman–Crippen MR) is 60.1 cm³/mol. The molecular weight excluding hydrogens is 249 g/mol. The van der Waals surface area contributed by atoms with Crippen LogP contribution in [0, 0.1) is 17.5 Å². The van der Waals surface area contributed by atoms with Crippen molar-refractivity contribution >= 4 is 12.6 Å². The first kappa shape index (κ1) is 11.9. The van der Waals surface area contributed by atoms with Gasteiger partial charge in [0.2, 0.25) is 0 Å². The zero-order chi connectivity index (χ0) is 12.4. The van der Waals surface area contributed by atoms with Crippen LogP contribution in [0.4, 0.5) is 13.2 Å². The molecule has 0 bridgehead atoms. The van der Waals surface area contributed by atoms with Crippen molar-refractivity contribution in [3.05, 3.63) is 53.8 Å². The maximum Gasteiger partial charge on any atom is 0.194 e. The van der Waals surface area contributed by atoms with Gasteiger partial charge in [-0.25, -0.2) is 13.2 Å². The monoisotopic (exact) mass is 256 g/mol. The van der Waals surface area contributed by atoms with E-state index in [0.717, 1.165) is 17.0 Å². The predicted octanol–water partition coefficient (Wildman–Crippen LogP) is 4.18. The lowest BCUT2D eigenvalue weighted by molar-refractivity contribution is 0.423. The Bertz CT molecular complexity index is 517. The summed E-state index contributed by atoms with van der Waals surface area (Å²) in [5, 5.41) is 0. The van der Waals surface area contributed by atoms with E-state index in [2.05, 4.69) is 12.6 Å². The van der Waals surface area contributed by atoms with Crippen molar-refractivity contribution in [1.29, 1.82) is 0 Å². The Morgan fingerprint density at radius 3 is 1.88 bits per heavy atom. The highest BCUT2D eigenvalue weighted by molar-refractivity contribution is 7.80. The van der Waals surface area contributed by atoms with Gasteiger partial charge < -0.3 is 4.74 Å². The molecule has 0 radical (unpaired) electrons. The number of hydrogen-bond acceptors (Lipinski definition) is 2. The number of ether oxygens (including phenoxy) is 1. The smallest absolute Gasteiger partial charge is 0.194 e. The highest BCUT2D eigenvalue weighted by atomic mass is 32.1. The lowest BCUT2D eigenvalue weighted by atomic mass is 10.3. The summed E-state index contributed by atoms with van der Waals surface area (Å²) < 4.78 is 43.7. The van der Waals surface area contributed by atoms with Crippen LogP contribution in [0.5, 0.6) is 11.5 Å². The van der Waals surface area contributed by atoms with Gasteiger partial charge in [0.1, 0.15) is 11.5 Å². The quantitative estimate of drug-likeness (QED) is 0.626. The van der Waals surface area contributed by atoms with E-state index < -0.39 is 17.5 Å². The summed E-state index contributed by atoms with van der Waals surface area (Å²) in [4.78, 5) is 0.730. The largest absolute Gasteiger partial charge is 0.457 e. The van der Waals surface area contributed by atoms with Crippen LogP contribution in [0.1, 0.15) is 0 Å². The number of benzene rings is 2. The standard InChI is InChI=1S/C12H7F3OS/c13-10-5-8(6-11(14)12(10)15)16-7-1-3-9(17)4-2-7/h1-6,17H. The molecule has 0 N–H and O–H groups in total. The fraction of sp³-hybridized carbons (Fsp3) is 0. The summed E-state index contributed by atoms with van der Waals surface area (Å²) in [6.07, 6.45) is 0. The third kappa shape index (κ3) is 2.74. The number of hydrogen-bond donors (Lipinski definition) is 1. The van der Waals surface area contributed by atoms with Crippen LogP contribution in [0.3, 0.4) is 0 Å². The van der Waals surface area contributed by atoms with Crippen molar-refractivity contribution in [3.8, 4) is 11.5 Å². The summed E-state index contributed by atoms with van der Waals surface area (Å²) in [6, 6.07) is 8.06. The molecule has 0 unspecified atom stereocenters. The molecule has 5 heteroatoms. The maximum atomic E-state index is 12.9. The Balaban J connectivity index is 2.27. The van der Waals surface area contributed by atoms with E-state index in [1.54, 1.807) is 24.3 Å². The summed E-state index contributed by atoms with van der Waals surface area (Å²) >= 11 is 4.08. The molecule has 0 aliphatic heterocycles. The average molecular weight is 256 g/mol. The molecule has 0 atom stereocenters. The molecule has 0 heterocycles. The van der Waals surface area contributed by atoms with Crippen molar-refractivity contribution in [3.63, 3.8) is 0 Å². The van der Waals surface area contributed by atoms with E-state index in [1.807, 2.05) is 0 Å². The van der Waals surface area contributed by atoms with Crippen molar-refractivity contribution in [2.24, 2.45) is 0 Å². The van der Waals surface area contributed by atoms with Gasteiger partial charge >= 0.3 is 0 Å². The van der Waals surface area contributed by atoms with Gasteiger partial charge in [0.25, 0.3) is 0 Å². The second kappa shape index (κ2) is 4.71. The van der Waals surface area contributed by atoms with Gasteiger partial charge in [-0.3, -0.25) is 0 Å². The molecule has 0 amide bonds. The summed E-state index contributed by atoms with van der Waals surface area (Å²) in [6.45, 7) is 0. The topological polar surface area (TPSA) is 9.23 Å². The Labute approximate surface area is 101 Å². The highest BCUT2D eigenvalue weighted by Crippen LogP contribution is 2.25. The minimum absolute atomic E-state index is 0.103. The Kier molecular flexibility index (Phi) is 3.28. The number of halogens is 3. The summed E-state index contributed by atoms with van der Waals surface area (Å²) in [5.74, 6) is -3.80. The van der Waals surface area contributed by atoms with Gasteiger partial charge in [-0.1, -0.05) is 0 Å². The molecule has 88 valence electrons. The molecule has 0 aliphatic rings. The first-order valence-corrected chi connectivity index (χ1v) is 5.12. The molecule has 0 spiro atoms.